The predicted molar refractivity (Wildman–Crippen MR) is 114 cm³/mol. The second-order valence-electron chi connectivity index (χ2n) is 7.47. The molecule has 3 amide bonds. The standard InChI is InChI=1S/C23H29N3O3/c1-17-7-9-19(10-8-17)25-23(28)26-15-12-18(13-16-26)11-14-24-22(27)20-5-3-4-6-21(20)29-2/h3-10,18H,11-16H2,1-2H3,(H,24,27)(H,25,28). The Balaban J connectivity index is 1.39. The third-order valence-electron chi connectivity index (χ3n) is 5.39. The molecular formula is C23H29N3O3. The van der Waals surface area contributed by atoms with Gasteiger partial charge in [-0.1, -0.05) is 29.8 Å². The van der Waals surface area contributed by atoms with Crippen LogP contribution in [0.15, 0.2) is 48.5 Å². The summed E-state index contributed by atoms with van der Waals surface area (Å²) in [5, 5.41) is 5.94. The van der Waals surface area contributed by atoms with Gasteiger partial charge in [-0.2, -0.15) is 0 Å². The number of methoxy groups -OCH3 is 1. The van der Waals surface area contributed by atoms with E-state index in [9.17, 15) is 9.59 Å². The number of nitrogens with zero attached hydrogens (tertiary/aromatic N) is 1. The first-order valence-corrected chi connectivity index (χ1v) is 10.1. The number of amides is 3. The van der Waals surface area contributed by atoms with E-state index in [0.29, 0.717) is 23.8 Å². The first-order chi connectivity index (χ1) is 14.1. The van der Waals surface area contributed by atoms with Gasteiger partial charge in [0.2, 0.25) is 0 Å². The molecule has 1 aliphatic rings. The van der Waals surface area contributed by atoms with Crippen LogP contribution in [0, 0.1) is 12.8 Å². The molecule has 3 rings (SSSR count). The second kappa shape index (κ2) is 9.96. The predicted octanol–water partition coefficient (Wildman–Crippen LogP) is 4.07. The van der Waals surface area contributed by atoms with E-state index in [1.54, 1.807) is 19.2 Å². The number of carbonyl (C=O) groups excluding carboxylic acids is 2. The number of hydrogen-bond acceptors (Lipinski definition) is 3. The van der Waals surface area contributed by atoms with Gasteiger partial charge in [-0.3, -0.25) is 4.79 Å². The van der Waals surface area contributed by atoms with Gasteiger partial charge in [0.25, 0.3) is 5.91 Å². The first kappa shape index (κ1) is 20.7. The van der Waals surface area contributed by atoms with Crippen LogP contribution in [-0.2, 0) is 0 Å². The van der Waals surface area contributed by atoms with Crippen molar-refractivity contribution in [3.63, 3.8) is 0 Å². The molecule has 0 unspecified atom stereocenters. The average Bonchev–Trinajstić information content (AvgIpc) is 2.75. The van der Waals surface area contributed by atoms with E-state index >= 15 is 0 Å². The van der Waals surface area contributed by atoms with E-state index < -0.39 is 0 Å². The number of anilines is 1. The molecule has 0 saturated carbocycles. The summed E-state index contributed by atoms with van der Waals surface area (Å²) in [6.45, 7) is 4.12. The van der Waals surface area contributed by atoms with Crippen molar-refractivity contribution in [2.45, 2.75) is 26.2 Å². The first-order valence-electron chi connectivity index (χ1n) is 10.1. The highest BCUT2D eigenvalue weighted by Gasteiger charge is 2.23. The van der Waals surface area contributed by atoms with Crippen molar-refractivity contribution in [3.8, 4) is 5.75 Å². The third kappa shape index (κ3) is 5.73. The molecule has 6 nitrogen and oxygen atoms in total. The Kier molecular flexibility index (Phi) is 7.11. The summed E-state index contributed by atoms with van der Waals surface area (Å²) in [4.78, 5) is 26.6. The molecule has 154 valence electrons. The quantitative estimate of drug-likeness (QED) is 0.775. The van der Waals surface area contributed by atoms with Gasteiger partial charge in [-0.05, 0) is 56.4 Å². The fourth-order valence-corrected chi connectivity index (χ4v) is 3.58. The molecule has 2 aromatic carbocycles. The monoisotopic (exact) mass is 395 g/mol. The number of likely N-dealkylation sites (tertiary alicyclic amines) is 1. The number of hydrogen-bond donors (Lipinski definition) is 2. The molecule has 6 heteroatoms. The molecule has 0 bridgehead atoms. The molecule has 1 fully saturated rings. The van der Waals surface area contributed by atoms with Crippen molar-refractivity contribution in [2.24, 2.45) is 5.92 Å². The lowest BCUT2D eigenvalue weighted by Crippen LogP contribution is -2.41. The molecule has 0 radical (unpaired) electrons. The maximum Gasteiger partial charge on any atom is 0.321 e. The molecule has 0 spiro atoms. The third-order valence-corrected chi connectivity index (χ3v) is 5.39. The number of benzene rings is 2. The summed E-state index contributed by atoms with van der Waals surface area (Å²) in [5.74, 6) is 0.978. The molecule has 0 aromatic heterocycles. The van der Waals surface area contributed by atoms with Gasteiger partial charge < -0.3 is 20.3 Å². The van der Waals surface area contributed by atoms with E-state index in [2.05, 4.69) is 10.6 Å². The molecule has 2 aromatic rings. The molecule has 1 saturated heterocycles. The highest BCUT2D eigenvalue weighted by molar-refractivity contribution is 5.96. The Labute approximate surface area is 172 Å². The normalized spacial score (nSPS) is 14.3. The Bertz CT molecular complexity index is 828. The number of nitrogens with one attached hydrogen (secondary N) is 2. The smallest absolute Gasteiger partial charge is 0.321 e. The summed E-state index contributed by atoms with van der Waals surface area (Å²) in [5.41, 5.74) is 2.54. The van der Waals surface area contributed by atoms with Crippen LogP contribution in [-0.4, -0.2) is 43.6 Å². The zero-order valence-electron chi connectivity index (χ0n) is 17.1. The van der Waals surface area contributed by atoms with Gasteiger partial charge in [0, 0.05) is 25.3 Å². The summed E-state index contributed by atoms with van der Waals surface area (Å²) in [7, 11) is 1.56. The van der Waals surface area contributed by atoms with Crippen molar-refractivity contribution in [1.29, 1.82) is 0 Å². The molecule has 0 atom stereocenters. The van der Waals surface area contributed by atoms with Crippen LogP contribution in [0.25, 0.3) is 0 Å². The van der Waals surface area contributed by atoms with E-state index in [1.165, 1.54) is 5.56 Å². The Morgan fingerprint density at radius 2 is 1.76 bits per heavy atom. The highest BCUT2D eigenvalue weighted by Crippen LogP contribution is 2.21. The molecule has 2 N–H and O–H groups in total. The van der Waals surface area contributed by atoms with Crippen LogP contribution < -0.4 is 15.4 Å². The van der Waals surface area contributed by atoms with Gasteiger partial charge >= 0.3 is 6.03 Å². The highest BCUT2D eigenvalue weighted by atomic mass is 16.5. The lowest BCUT2D eigenvalue weighted by Gasteiger charge is -2.32. The summed E-state index contributed by atoms with van der Waals surface area (Å²) < 4.78 is 5.24. The zero-order valence-corrected chi connectivity index (χ0v) is 17.1. The van der Waals surface area contributed by atoms with E-state index in [4.69, 9.17) is 4.74 Å². The van der Waals surface area contributed by atoms with Crippen molar-refractivity contribution >= 4 is 17.6 Å². The minimum absolute atomic E-state index is 0.0446. The Hall–Kier alpha value is -3.02. The molecule has 1 heterocycles. The van der Waals surface area contributed by atoms with Crippen LogP contribution in [0.2, 0.25) is 0 Å². The number of rotatable bonds is 6. The van der Waals surface area contributed by atoms with Crippen molar-refractivity contribution in [3.05, 3.63) is 59.7 Å². The summed E-state index contributed by atoms with van der Waals surface area (Å²) in [6.07, 6.45) is 2.81. The van der Waals surface area contributed by atoms with Crippen LogP contribution in [0.5, 0.6) is 5.75 Å². The number of carbonyl (C=O) groups is 2. The average molecular weight is 396 g/mol. The second-order valence-corrected chi connectivity index (χ2v) is 7.47. The minimum atomic E-state index is -0.114. The molecular weight excluding hydrogens is 366 g/mol. The summed E-state index contributed by atoms with van der Waals surface area (Å²) in [6, 6.07) is 15.0. The van der Waals surface area contributed by atoms with Crippen molar-refractivity contribution < 1.29 is 14.3 Å². The van der Waals surface area contributed by atoms with Crippen LogP contribution in [0.1, 0.15) is 35.2 Å². The van der Waals surface area contributed by atoms with Crippen LogP contribution in [0.3, 0.4) is 0 Å². The van der Waals surface area contributed by atoms with Gasteiger partial charge in [0.15, 0.2) is 0 Å². The maximum absolute atomic E-state index is 12.4. The number of ether oxygens (including phenoxy) is 1. The molecule has 1 aliphatic heterocycles. The maximum atomic E-state index is 12.4. The number of para-hydroxylation sites is 1. The Morgan fingerprint density at radius 1 is 1.07 bits per heavy atom. The van der Waals surface area contributed by atoms with Crippen molar-refractivity contribution in [1.82, 2.24) is 10.2 Å². The van der Waals surface area contributed by atoms with Gasteiger partial charge in [0.05, 0.1) is 12.7 Å². The van der Waals surface area contributed by atoms with Crippen LogP contribution >= 0.6 is 0 Å². The lowest BCUT2D eigenvalue weighted by atomic mass is 9.93. The summed E-state index contributed by atoms with van der Waals surface area (Å²) >= 11 is 0. The Morgan fingerprint density at radius 3 is 2.45 bits per heavy atom. The van der Waals surface area contributed by atoms with E-state index in [0.717, 1.165) is 38.0 Å². The molecule has 29 heavy (non-hydrogen) atoms. The van der Waals surface area contributed by atoms with E-state index in [-0.39, 0.29) is 11.9 Å². The topological polar surface area (TPSA) is 70.7 Å². The van der Waals surface area contributed by atoms with Crippen molar-refractivity contribution in [2.75, 3.05) is 32.1 Å². The SMILES string of the molecule is COc1ccccc1C(=O)NCCC1CCN(C(=O)Nc2ccc(C)cc2)CC1. The number of piperidine rings is 1. The van der Waals surface area contributed by atoms with Crippen LogP contribution in [0.4, 0.5) is 10.5 Å². The molecule has 0 aliphatic carbocycles. The van der Waals surface area contributed by atoms with Gasteiger partial charge in [-0.25, -0.2) is 4.79 Å². The minimum Gasteiger partial charge on any atom is -0.496 e. The van der Waals surface area contributed by atoms with E-state index in [1.807, 2.05) is 48.2 Å². The fraction of sp³-hybridized carbons (Fsp3) is 0.391. The largest absolute Gasteiger partial charge is 0.496 e. The van der Waals surface area contributed by atoms with Gasteiger partial charge in [-0.15, -0.1) is 0 Å². The zero-order chi connectivity index (χ0) is 20.6. The number of urea groups is 1. The number of aryl methyl sites for hydroxylation is 1. The fourth-order valence-electron chi connectivity index (χ4n) is 3.58. The van der Waals surface area contributed by atoms with Gasteiger partial charge in [0.1, 0.15) is 5.75 Å². The lowest BCUT2D eigenvalue weighted by molar-refractivity contribution is 0.0946.